The highest BCUT2D eigenvalue weighted by atomic mass is 16.5. The van der Waals surface area contributed by atoms with Crippen molar-refractivity contribution in [2.45, 2.75) is 45.1 Å². The number of guanidine groups is 1. The molecule has 6 heteroatoms. The van der Waals surface area contributed by atoms with Crippen LogP contribution in [0.2, 0.25) is 0 Å². The second kappa shape index (κ2) is 10.6. The fourth-order valence-electron chi connectivity index (χ4n) is 2.86. The van der Waals surface area contributed by atoms with E-state index in [1.165, 1.54) is 18.4 Å². The van der Waals surface area contributed by atoms with Gasteiger partial charge in [-0.25, -0.2) is 0 Å². The van der Waals surface area contributed by atoms with Crippen molar-refractivity contribution < 1.29 is 9.53 Å². The molecule has 0 heterocycles. The highest BCUT2D eigenvalue weighted by molar-refractivity contribution is 5.81. The van der Waals surface area contributed by atoms with Crippen LogP contribution in [-0.4, -0.2) is 44.7 Å². The van der Waals surface area contributed by atoms with Crippen LogP contribution in [0.1, 0.15) is 37.7 Å². The van der Waals surface area contributed by atoms with E-state index in [-0.39, 0.29) is 5.91 Å². The molecule has 1 amide bonds. The first kappa shape index (κ1) is 19.1. The van der Waals surface area contributed by atoms with Crippen molar-refractivity contribution in [1.29, 1.82) is 0 Å². The lowest BCUT2D eigenvalue weighted by molar-refractivity contribution is -0.121. The summed E-state index contributed by atoms with van der Waals surface area (Å²) in [6, 6.07) is 8.36. The van der Waals surface area contributed by atoms with Gasteiger partial charge < -0.3 is 20.7 Å². The molecule has 0 unspecified atom stereocenters. The van der Waals surface area contributed by atoms with Crippen LogP contribution in [0.4, 0.5) is 0 Å². The third kappa shape index (κ3) is 7.45. The van der Waals surface area contributed by atoms with E-state index in [1.54, 1.807) is 7.05 Å². The van der Waals surface area contributed by atoms with Crippen LogP contribution in [-0.2, 0) is 4.79 Å². The largest absolute Gasteiger partial charge is 0.492 e. The Kier molecular flexibility index (Phi) is 8.09. The quantitative estimate of drug-likeness (QED) is 0.382. The minimum absolute atomic E-state index is 0.109. The Morgan fingerprint density at radius 2 is 1.84 bits per heavy atom. The summed E-state index contributed by atoms with van der Waals surface area (Å²) >= 11 is 0. The van der Waals surface area contributed by atoms with Gasteiger partial charge in [0.1, 0.15) is 12.4 Å². The zero-order chi connectivity index (χ0) is 17.9. The van der Waals surface area contributed by atoms with Gasteiger partial charge in [0, 0.05) is 26.1 Å². The molecule has 0 saturated heterocycles. The van der Waals surface area contributed by atoms with Gasteiger partial charge >= 0.3 is 0 Å². The predicted molar refractivity (Wildman–Crippen MR) is 101 cm³/mol. The lowest BCUT2D eigenvalue weighted by atomic mass is 10.2. The molecule has 0 spiro atoms. The molecular formula is C19H30N4O2. The molecule has 6 nitrogen and oxygen atoms in total. The van der Waals surface area contributed by atoms with Gasteiger partial charge in [0.25, 0.3) is 0 Å². The minimum atomic E-state index is 0.109. The Morgan fingerprint density at radius 1 is 1.16 bits per heavy atom. The molecule has 0 radical (unpaired) electrons. The maximum absolute atomic E-state index is 11.9. The normalized spacial score (nSPS) is 15.0. The Balaban J connectivity index is 1.55. The number of nitrogens with one attached hydrogen (secondary N) is 3. The van der Waals surface area contributed by atoms with Crippen molar-refractivity contribution >= 4 is 11.9 Å². The van der Waals surface area contributed by atoms with Crippen molar-refractivity contribution in [1.82, 2.24) is 16.0 Å². The third-order valence-corrected chi connectivity index (χ3v) is 4.27. The number of nitrogens with zero attached hydrogens (tertiary/aromatic N) is 1. The summed E-state index contributed by atoms with van der Waals surface area (Å²) in [6.45, 7) is 3.81. The van der Waals surface area contributed by atoms with Crippen LogP contribution >= 0.6 is 0 Å². The van der Waals surface area contributed by atoms with E-state index < -0.39 is 0 Å². The van der Waals surface area contributed by atoms with E-state index in [0.29, 0.717) is 38.1 Å². The van der Waals surface area contributed by atoms with Crippen LogP contribution in [0.15, 0.2) is 29.3 Å². The van der Waals surface area contributed by atoms with Crippen molar-refractivity contribution in [3.8, 4) is 5.75 Å². The van der Waals surface area contributed by atoms with E-state index in [4.69, 9.17) is 4.74 Å². The molecule has 2 rings (SSSR count). The standard InChI is InChI=1S/C19H30N4O2/c1-15-7-9-17(10-8-15)25-14-13-22-19(20-2)21-12-11-18(24)23-16-5-3-4-6-16/h7-10,16H,3-6,11-14H2,1-2H3,(H,23,24)(H2,20,21,22). The van der Waals surface area contributed by atoms with Gasteiger partial charge in [-0.2, -0.15) is 0 Å². The van der Waals surface area contributed by atoms with Gasteiger partial charge in [0.05, 0.1) is 6.54 Å². The van der Waals surface area contributed by atoms with Gasteiger partial charge in [-0.15, -0.1) is 0 Å². The first-order valence-corrected chi connectivity index (χ1v) is 9.10. The number of hydrogen-bond donors (Lipinski definition) is 3. The molecule has 1 saturated carbocycles. The van der Waals surface area contributed by atoms with Gasteiger partial charge in [-0.1, -0.05) is 30.5 Å². The molecule has 25 heavy (non-hydrogen) atoms. The number of rotatable bonds is 8. The van der Waals surface area contributed by atoms with Crippen LogP contribution in [0, 0.1) is 6.92 Å². The van der Waals surface area contributed by atoms with Gasteiger partial charge in [0.2, 0.25) is 5.91 Å². The second-order valence-electron chi connectivity index (χ2n) is 6.39. The molecule has 1 aliphatic rings. The molecule has 3 N–H and O–H groups in total. The molecular weight excluding hydrogens is 316 g/mol. The SMILES string of the molecule is CN=C(NCCOc1ccc(C)cc1)NCCC(=O)NC1CCCC1. The summed E-state index contributed by atoms with van der Waals surface area (Å²) in [5, 5.41) is 9.42. The number of aliphatic imine (C=N–C) groups is 1. The number of benzene rings is 1. The fourth-order valence-corrected chi connectivity index (χ4v) is 2.86. The number of amides is 1. The highest BCUT2D eigenvalue weighted by Crippen LogP contribution is 2.17. The molecule has 1 fully saturated rings. The summed E-state index contributed by atoms with van der Waals surface area (Å²) in [5.74, 6) is 1.65. The van der Waals surface area contributed by atoms with E-state index in [2.05, 4.69) is 27.9 Å². The number of ether oxygens (including phenoxy) is 1. The summed E-state index contributed by atoms with van der Waals surface area (Å²) < 4.78 is 5.66. The van der Waals surface area contributed by atoms with E-state index >= 15 is 0 Å². The number of carbonyl (C=O) groups excluding carboxylic acids is 1. The zero-order valence-electron chi connectivity index (χ0n) is 15.3. The monoisotopic (exact) mass is 346 g/mol. The smallest absolute Gasteiger partial charge is 0.221 e. The highest BCUT2D eigenvalue weighted by Gasteiger charge is 2.16. The maximum Gasteiger partial charge on any atom is 0.221 e. The molecule has 0 aliphatic heterocycles. The Labute approximate surface area is 150 Å². The molecule has 0 aromatic heterocycles. The number of aryl methyl sites for hydroxylation is 1. The first-order chi connectivity index (χ1) is 12.2. The molecule has 1 aliphatic carbocycles. The van der Waals surface area contributed by atoms with E-state index in [1.807, 2.05) is 24.3 Å². The Hall–Kier alpha value is -2.24. The van der Waals surface area contributed by atoms with Gasteiger partial charge in [-0.3, -0.25) is 9.79 Å². The number of carbonyl (C=O) groups is 1. The molecule has 0 bridgehead atoms. The van der Waals surface area contributed by atoms with E-state index in [0.717, 1.165) is 18.6 Å². The first-order valence-electron chi connectivity index (χ1n) is 9.10. The van der Waals surface area contributed by atoms with E-state index in [9.17, 15) is 4.79 Å². The Bertz CT molecular complexity index is 551. The number of hydrogen-bond acceptors (Lipinski definition) is 3. The molecule has 1 aromatic carbocycles. The minimum Gasteiger partial charge on any atom is -0.492 e. The lowest BCUT2D eigenvalue weighted by Gasteiger charge is -2.14. The average Bonchev–Trinajstić information content (AvgIpc) is 3.11. The summed E-state index contributed by atoms with van der Waals surface area (Å²) in [4.78, 5) is 16.0. The third-order valence-electron chi connectivity index (χ3n) is 4.27. The van der Waals surface area contributed by atoms with Crippen LogP contribution < -0.4 is 20.7 Å². The average molecular weight is 346 g/mol. The van der Waals surface area contributed by atoms with Gasteiger partial charge in [0.15, 0.2) is 5.96 Å². The Morgan fingerprint density at radius 3 is 2.52 bits per heavy atom. The fraction of sp³-hybridized carbons (Fsp3) is 0.579. The van der Waals surface area contributed by atoms with Crippen molar-refractivity contribution in [2.24, 2.45) is 4.99 Å². The molecule has 138 valence electrons. The van der Waals surface area contributed by atoms with Crippen LogP contribution in [0.25, 0.3) is 0 Å². The summed E-state index contributed by atoms with van der Waals surface area (Å²) in [6.07, 6.45) is 5.14. The van der Waals surface area contributed by atoms with Gasteiger partial charge in [-0.05, 0) is 31.9 Å². The second-order valence-corrected chi connectivity index (χ2v) is 6.39. The topological polar surface area (TPSA) is 74.8 Å². The van der Waals surface area contributed by atoms with Crippen molar-refractivity contribution in [3.63, 3.8) is 0 Å². The van der Waals surface area contributed by atoms with Crippen LogP contribution in [0.5, 0.6) is 5.75 Å². The molecule has 1 aromatic rings. The molecule has 0 atom stereocenters. The zero-order valence-corrected chi connectivity index (χ0v) is 15.3. The van der Waals surface area contributed by atoms with Crippen LogP contribution in [0.3, 0.4) is 0 Å². The lowest BCUT2D eigenvalue weighted by Crippen LogP contribution is -2.41. The maximum atomic E-state index is 11.9. The predicted octanol–water partition coefficient (Wildman–Crippen LogP) is 1.99. The summed E-state index contributed by atoms with van der Waals surface area (Å²) in [7, 11) is 1.72. The summed E-state index contributed by atoms with van der Waals surface area (Å²) in [5.41, 5.74) is 1.21. The van der Waals surface area contributed by atoms with Crippen molar-refractivity contribution in [3.05, 3.63) is 29.8 Å². The van der Waals surface area contributed by atoms with Crippen molar-refractivity contribution in [2.75, 3.05) is 26.7 Å².